The minimum absolute atomic E-state index is 0.151. The van der Waals surface area contributed by atoms with E-state index in [1.54, 1.807) is 0 Å². The normalized spacial score (nSPS) is 16.1. The van der Waals surface area contributed by atoms with Gasteiger partial charge >= 0.3 is 0 Å². The zero-order valence-corrected chi connectivity index (χ0v) is 13.3. The van der Waals surface area contributed by atoms with Crippen LogP contribution in [0.5, 0.6) is 0 Å². The molecule has 1 unspecified atom stereocenters. The Hall–Kier alpha value is -1.26. The molecule has 6 heteroatoms. The molecule has 1 aliphatic carbocycles. The largest absolute Gasteiger partial charge is 0.354 e. The summed E-state index contributed by atoms with van der Waals surface area (Å²) in [6, 6.07) is 5.69. The number of halogens is 2. The molecule has 0 aliphatic heterocycles. The average Bonchev–Trinajstić information content (AvgIpc) is 3.22. The molecule has 1 aromatic carbocycles. The number of imidazole rings is 1. The number of benzene rings is 1. The van der Waals surface area contributed by atoms with Crippen LogP contribution in [0.25, 0.3) is 11.0 Å². The highest BCUT2D eigenvalue weighted by Gasteiger charge is 2.29. The molecular formula is C15H17Cl2N3O. The van der Waals surface area contributed by atoms with Crippen LogP contribution < -0.4 is 5.32 Å². The van der Waals surface area contributed by atoms with Gasteiger partial charge in [-0.1, -0.05) is 17.7 Å². The zero-order chi connectivity index (χ0) is 15.0. The standard InChI is InChI=1S/C15H17Cl2N3O/c1-9(16)14-19-13-11(17)3-2-4-12(13)20(14)8-7-18-15(21)10-5-6-10/h2-4,9-10H,5-8H2,1H3,(H,18,21). The molecule has 0 saturated heterocycles. The molecule has 112 valence electrons. The van der Waals surface area contributed by atoms with Crippen molar-refractivity contribution in [2.24, 2.45) is 5.92 Å². The Morgan fingerprint density at radius 2 is 2.29 bits per heavy atom. The van der Waals surface area contributed by atoms with Gasteiger partial charge in [-0.15, -0.1) is 11.6 Å². The van der Waals surface area contributed by atoms with Crippen molar-refractivity contribution in [3.8, 4) is 0 Å². The van der Waals surface area contributed by atoms with Crippen molar-refractivity contribution in [3.63, 3.8) is 0 Å². The zero-order valence-electron chi connectivity index (χ0n) is 11.8. The van der Waals surface area contributed by atoms with Crippen LogP contribution in [0.1, 0.15) is 31.0 Å². The number of fused-ring (bicyclic) bond motifs is 1. The first-order valence-corrected chi connectivity index (χ1v) is 7.96. The van der Waals surface area contributed by atoms with E-state index in [0.717, 1.165) is 29.7 Å². The molecule has 1 aliphatic rings. The van der Waals surface area contributed by atoms with Gasteiger partial charge in [0, 0.05) is 19.0 Å². The third kappa shape index (κ3) is 3.01. The summed E-state index contributed by atoms with van der Waals surface area (Å²) in [7, 11) is 0. The van der Waals surface area contributed by atoms with Gasteiger partial charge in [-0.3, -0.25) is 4.79 Å². The van der Waals surface area contributed by atoms with E-state index in [2.05, 4.69) is 10.3 Å². The fraction of sp³-hybridized carbons (Fsp3) is 0.467. The molecule has 1 N–H and O–H groups in total. The van der Waals surface area contributed by atoms with Crippen LogP contribution in [0.15, 0.2) is 18.2 Å². The minimum atomic E-state index is -0.215. The van der Waals surface area contributed by atoms with Crippen LogP contribution in [0.3, 0.4) is 0 Å². The van der Waals surface area contributed by atoms with Crippen LogP contribution in [0, 0.1) is 5.92 Å². The molecule has 0 radical (unpaired) electrons. The van der Waals surface area contributed by atoms with Crippen LogP contribution in [-0.4, -0.2) is 22.0 Å². The second kappa shape index (κ2) is 5.85. The van der Waals surface area contributed by atoms with E-state index in [4.69, 9.17) is 23.2 Å². The lowest BCUT2D eigenvalue weighted by atomic mass is 10.3. The summed E-state index contributed by atoms with van der Waals surface area (Å²) < 4.78 is 2.03. The van der Waals surface area contributed by atoms with Gasteiger partial charge in [0.05, 0.1) is 15.9 Å². The van der Waals surface area contributed by atoms with Crippen molar-refractivity contribution in [2.45, 2.75) is 31.7 Å². The predicted molar refractivity (Wildman–Crippen MR) is 84.7 cm³/mol. The van der Waals surface area contributed by atoms with Crippen LogP contribution in [-0.2, 0) is 11.3 Å². The van der Waals surface area contributed by atoms with Crippen molar-refractivity contribution in [3.05, 3.63) is 29.0 Å². The number of carbonyl (C=O) groups excluding carboxylic acids is 1. The molecule has 2 aromatic rings. The Morgan fingerprint density at radius 3 is 2.95 bits per heavy atom. The summed E-state index contributed by atoms with van der Waals surface area (Å²) in [5.41, 5.74) is 1.71. The van der Waals surface area contributed by atoms with Gasteiger partial charge in [0.25, 0.3) is 0 Å². The molecule has 1 saturated carbocycles. The maximum Gasteiger partial charge on any atom is 0.223 e. The third-order valence-electron chi connectivity index (χ3n) is 3.70. The molecule has 0 bridgehead atoms. The van der Waals surface area contributed by atoms with E-state index in [1.807, 2.05) is 29.7 Å². The molecule has 3 rings (SSSR count). The second-order valence-corrected chi connectivity index (χ2v) is 6.47. The molecule has 1 amide bonds. The maximum atomic E-state index is 11.7. The number of amides is 1. The number of aromatic nitrogens is 2. The lowest BCUT2D eigenvalue weighted by molar-refractivity contribution is -0.122. The van der Waals surface area contributed by atoms with Crippen LogP contribution >= 0.6 is 23.2 Å². The third-order valence-corrected chi connectivity index (χ3v) is 4.20. The summed E-state index contributed by atoms with van der Waals surface area (Å²) in [4.78, 5) is 16.2. The number of alkyl halides is 1. The Bertz CT molecular complexity index is 677. The molecule has 1 aromatic heterocycles. The predicted octanol–water partition coefficient (Wildman–Crippen LogP) is 3.52. The molecular weight excluding hydrogens is 309 g/mol. The van der Waals surface area contributed by atoms with Crippen molar-refractivity contribution >= 4 is 40.1 Å². The van der Waals surface area contributed by atoms with Gasteiger partial charge in [0.1, 0.15) is 11.3 Å². The van der Waals surface area contributed by atoms with E-state index in [9.17, 15) is 4.79 Å². The Morgan fingerprint density at radius 1 is 1.52 bits per heavy atom. The van der Waals surface area contributed by atoms with E-state index < -0.39 is 0 Å². The summed E-state index contributed by atoms with van der Waals surface area (Å²) in [5, 5.41) is 3.37. The maximum absolute atomic E-state index is 11.7. The second-order valence-electron chi connectivity index (χ2n) is 5.41. The molecule has 4 nitrogen and oxygen atoms in total. The molecule has 21 heavy (non-hydrogen) atoms. The summed E-state index contributed by atoms with van der Waals surface area (Å²) >= 11 is 12.4. The van der Waals surface area contributed by atoms with Gasteiger partial charge in [0.15, 0.2) is 0 Å². The van der Waals surface area contributed by atoms with E-state index in [0.29, 0.717) is 18.1 Å². The van der Waals surface area contributed by atoms with Crippen molar-refractivity contribution < 1.29 is 4.79 Å². The first-order chi connectivity index (χ1) is 10.1. The Balaban J connectivity index is 1.83. The Kier molecular flexibility index (Phi) is 4.09. The van der Waals surface area contributed by atoms with E-state index in [-0.39, 0.29) is 17.2 Å². The van der Waals surface area contributed by atoms with Crippen molar-refractivity contribution in [1.82, 2.24) is 14.9 Å². The number of nitrogens with zero attached hydrogens (tertiary/aromatic N) is 2. The first-order valence-electron chi connectivity index (χ1n) is 7.14. The summed E-state index contributed by atoms with van der Waals surface area (Å²) in [6.07, 6.45) is 2.03. The number of hydrogen-bond acceptors (Lipinski definition) is 2. The fourth-order valence-corrected chi connectivity index (χ4v) is 2.83. The topological polar surface area (TPSA) is 46.9 Å². The number of nitrogens with one attached hydrogen (secondary N) is 1. The van der Waals surface area contributed by atoms with E-state index in [1.165, 1.54) is 0 Å². The monoisotopic (exact) mass is 325 g/mol. The van der Waals surface area contributed by atoms with Gasteiger partial charge in [0.2, 0.25) is 5.91 Å². The molecule has 1 fully saturated rings. The Labute approximate surface area is 133 Å². The molecule has 1 heterocycles. The lowest BCUT2D eigenvalue weighted by Gasteiger charge is -2.11. The smallest absolute Gasteiger partial charge is 0.223 e. The molecule has 1 atom stereocenters. The van der Waals surface area contributed by atoms with Crippen LogP contribution in [0.2, 0.25) is 5.02 Å². The number of carbonyl (C=O) groups is 1. The van der Waals surface area contributed by atoms with Gasteiger partial charge in [-0.05, 0) is 31.9 Å². The number of para-hydroxylation sites is 1. The number of rotatable bonds is 5. The van der Waals surface area contributed by atoms with E-state index >= 15 is 0 Å². The van der Waals surface area contributed by atoms with Gasteiger partial charge in [-0.2, -0.15) is 0 Å². The van der Waals surface area contributed by atoms with Crippen molar-refractivity contribution in [2.75, 3.05) is 6.54 Å². The first kappa shape index (κ1) is 14.7. The SMILES string of the molecule is CC(Cl)c1nc2c(Cl)cccc2n1CCNC(=O)C1CC1. The van der Waals surface area contributed by atoms with Crippen molar-refractivity contribution in [1.29, 1.82) is 0 Å². The highest BCUT2D eigenvalue weighted by atomic mass is 35.5. The highest BCUT2D eigenvalue weighted by molar-refractivity contribution is 6.35. The number of hydrogen-bond donors (Lipinski definition) is 1. The quantitative estimate of drug-likeness (QED) is 0.855. The summed E-state index contributed by atoms with van der Waals surface area (Å²) in [5.74, 6) is 1.16. The van der Waals surface area contributed by atoms with Gasteiger partial charge < -0.3 is 9.88 Å². The highest BCUT2D eigenvalue weighted by Crippen LogP contribution is 2.29. The average molecular weight is 326 g/mol. The van der Waals surface area contributed by atoms with Gasteiger partial charge in [-0.25, -0.2) is 4.98 Å². The van der Waals surface area contributed by atoms with Crippen LogP contribution in [0.4, 0.5) is 0 Å². The molecule has 0 spiro atoms. The fourth-order valence-electron chi connectivity index (χ4n) is 2.45. The lowest BCUT2D eigenvalue weighted by Crippen LogP contribution is -2.28. The summed E-state index contributed by atoms with van der Waals surface area (Å²) in [6.45, 7) is 3.10. The minimum Gasteiger partial charge on any atom is -0.354 e.